The molecule has 1 heterocycles. The zero-order chi connectivity index (χ0) is 21.3. The summed E-state index contributed by atoms with van der Waals surface area (Å²) in [6.07, 6.45) is 0.635. The monoisotopic (exact) mass is 407 g/mol. The number of carbonyl (C=O) groups excluding carboxylic acids is 1. The molecule has 0 saturated carbocycles. The van der Waals surface area contributed by atoms with Crippen molar-refractivity contribution >= 4 is 5.97 Å². The highest BCUT2D eigenvalue weighted by molar-refractivity contribution is 5.94. The molecule has 7 nitrogen and oxygen atoms in total. The molecular formula is C23H25N3O4. The van der Waals surface area contributed by atoms with Crippen molar-refractivity contribution in [3.05, 3.63) is 83.2 Å². The van der Waals surface area contributed by atoms with E-state index >= 15 is 0 Å². The molecule has 0 aliphatic heterocycles. The number of carbonyl (C=O) groups is 1. The van der Waals surface area contributed by atoms with Crippen LogP contribution in [0.2, 0.25) is 0 Å². The fraction of sp³-hybridized carbons (Fsp3) is 0.261. The van der Waals surface area contributed by atoms with E-state index in [-0.39, 0.29) is 36.6 Å². The Morgan fingerprint density at radius 2 is 1.57 bits per heavy atom. The van der Waals surface area contributed by atoms with E-state index in [0.717, 1.165) is 11.1 Å². The number of aryl methyl sites for hydroxylation is 1. The van der Waals surface area contributed by atoms with Crippen LogP contribution in [-0.4, -0.2) is 35.7 Å². The number of rotatable bonds is 9. The first-order valence-electron chi connectivity index (χ1n) is 9.62. The van der Waals surface area contributed by atoms with Crippen LogP contribution in [0.5, 0.6) is 11.8 Å². The summed E-state index contributed by atoms with van der Waals surface area (Å²) < 4.78 is 16.5. The van der Waals surface area contributed by atoms with E-state index in [1.807, 2.05) is 60.7 Å². The minimum Gasteiger partial charge on any atom is -0.480 e. The minimum atomic E-state index is -0.623. The van der Waals surface area contributed by atoms with Gasteiger partial charge in [0.05, 0.1) is 7.11 Å². The molecule has 0 amide bonds. The van der Waals surface area contributed by atoms with Crippen molar-refractivity contribution in [3.8, 4) is 11.8 Å². The van der Waals surface area contributed by atoms with E-state index in [1.165, 1.54) is 7.11 Å². The summed E-state index contributed by atoms with van der Waals surface area (Å²) >= 11 is 0. The molecule has 0 saturated heterocycles. The van der Waals surface area contributed by atoms with Crippen LogP contribution in [0.25, 0.3) is 0 Å². The lowest BCUT2D eigenvalue weighted by Crippen LogP contribution is -2.31. The number of nitrogens with two attached hydrogens (primary N) is 1. The zero-order valence-electron chi connectivity index (χ0n) is 17.1. The fourth-order valence-corrected chi connectivity index (χ4v) is 2.91. The van der Waals surface area contributed by atoms with Gasteiger partial charge in [-0.3, -0.25) is 0 Å². The highest BCUT2D eigenvalue weighted by atomic mass is 16.5. The van der Waals surface area contributed by atoms with Gasteiger partial charge in [0.2, 0.25) is 11.8 Å². The van der Waals surface area contributed by atoms with Gasteiger partial charge in [0, 0.05) is 6.04 Å². The number of hydrogen-bond acceptors (Lipinski definition) is 7. The Morgan fingerprint density at radius 1 is 0.967 bits per heavy atom. The van der Waals surface area contributed by atoms with Gasteiger partial charge in [0.15, 0.2) is 5.56 Å². The average molecular weight is 407 g/mol. The van der Waals surface area contributed by atoms with Gasteiger partial charge in [-0.05, 0) is 24.5 Å². The van der Waals surface area contributed by atoms with Crippen molar-refractivity contribution in [2.45, 2.75) is 26.0 Å². The van der Waals surface area contributed by atoms with Crippen LogP contribution < -0.4 is 15.2 Å². The maximum absolute atomic E-state index is 12.8. The normalized spacial score (nSPS) is 11.6. The largest absolute Gasteiger partial charge is 0.480 e. The zero-order valence-corrected chi connectivity index (χ0v) is 17.1. The number of methoxy groups -OCH3 is 1. The fourth-order valence-electron chi connectivity index (χ4n) is 2.91. The second-order valence-electron chi connectivity index (χ2n) is 6.78. The second kappa shape index (κ2) is 10.4. The lowest BCUT2D eigenvalue weighted by Gasteiger charge is -2.16. The van der Waals surface area contributed by atoms with Gasteiger partial charge in [-0.1, -0.05) is 60.7 Å². The average Bonchev–Trinajstić information content (AvgIpc) is 2.77. The predicted octanol–water partition coefficient (Wildman–Crippen LogP) is 3.10. The predicted molar refractivity (Wildman–Crippen MR) is 112 cm³/mol. The first kappa shape index (κ1) is 21.3. The van der Waals surface area contributed by atoms with Crippen molar-refractivity contribution < 1.29 is 19.0 Å². The van der Waals surface area contributed by atoms with Crippen molar-refractivity contribution in [2.24, 2.45) is 5.73 Å². The summed E-state index contributed by atoms with van der Waals surface area (Å²) in [5.41, 5.74) is 8.22. The van der Waals surface area contributed by atoms with Crippen LogP contribution in [0.15, 0.2) is 60.7 Å². The number of esters is 1. The van der Waals surface area contributed by atoms with Crippen LogP contribution in [0, 0.1) is 6.92 Å². The van der Waals surface area contributed by atoms with E-state index in [2.05, 4.69) is 9.97 Å². The van der Waals surface area contributed by atoms with Crippen molar-refractivity contribution in [3.63, 3.8) is 0 Å². The second-order valence-corrected chi connectivity index (χ2v) is 6.78. The van der Waals surface area contributed by atoms with Crippen LogP contribution in [-0.2, 0) is 17.8 Å². The number of benzene rings is 2. The Balaban J connectivity index is 1.72. The Labute approximate surface area is 175 Å². The smallest absolute Gasteiger partial charge is 0.349 e. The molecule has 7 heteroatoms. The Bertz CT molecular complexity index is 965. The van der Waals surface area contributed by atoms with Crippen LogP contribution >= 0.6 is 0 Å². The molecule has 30 heavy (non-hydrogen) atoms. The molecule has 3 rings (SSSR count). The number of nitrogens with zero attached hydrogens (tertiary/aromatic N) is 2. The van der Waals surface area contributed by atoms with E-state index in [9.17, 15) is 4.79 Å². The Morgan fingerprint density at radius 3 is 2.20 bits per heavy atom. The summed E-state index contributed by atoms with van der Waals surface area (Å²) in [6, 6.07) is 19.0. The maximum atomic E-state index is 12.8. The third-order valence-electron chi connectivity index (χ3n) is 4.34. The van der Waals surface area contributed by atoms with Gasteiger partial charge in [-0.25, -0.2) is 4.79 Å². The molecule has 0 aliphatic carbocycles. The van der Waals surface area contributed by atoms with E-state index < -0.39 is 5.97 Å². The quantitative estimate of drug-likeness (QED) is 0.545. The highest BCUT2D eigenvalue weighted by Crippen LogP contribution is 2.26. The molecule has 1 atom stereocenters. The van der Waals surface area contributed by atoms with Crippen molar-refractivity contribution in [1.82, 2.24) is 9.97 Å². The summed E-state index contributed by atoms with van der Waals surface area (Å²) in [7, 11) is 1.43. The van der Waals surface area contributed by atoms with Gasteiger partial charge >= 0.3 is 5.97 Å². The number of ether oxygens (including phenoxy) is 3. The number of aromatic nitrogens is 2. The molecule has 0 spiro atoms. The lowest BCUT2D eigenvalue weighted by molar-refractivity contribution is 0.0461. The molecule has 0 radical (unpaired) electrons. The van der Waals surface area contributed by atoms with Gasteiger partial charge in [0.25, 0.3) is 0 Å². The summed E-state index contributed by atoms with van der Waals surface area (Å²) in [4.78, 5) is 21.2. The molecule has 2 N–H and O–H groups in total. The molecule has 1 unspecified atom stereocenters. The van der Waals surface area contributed by atoms with Gasteiger partial charge in [-0.15, -0.1) is 0 Å². The minimum absolute atomic E-state index is 0.0472. The van der Waals surface area contributed by atoms with E-state index in [4.69, 9.17) is 19.9 Å². The SMILES string of the molecule is COc1nc(C)nc(OCC(N)Cc2ccccc2)c1C(=O)OCc1ccccc1. The summed E-state index contributed by atoms with van der Waals surface area (Å²) in [5, 5.41) is 0. The van der Waals surface area contributed by atoms with Crippen LogP contribution in [0.3, 0.4) is 0 Å². The molecular weight excluding hydrogens is 382 g/mol. The van der Waals surface area contributed by atoms with Gasteiger partial charge < -0.3 is 19.9 Å². The Hall–Kier alpha value is -3.45. The highest BCUT2D eigenvalue weighted by Gasteiger charge is 2.25. The molecule has 156 valence electrons. The van der Waals surface area contributed by atoms with Gasteiger partial charge in [0.1, 0.15) is 19.0 Å². The maximum Gasteiger partial charge on any atom is 0.349 e. The Kier molecular flexibility index (Phi) is 7.34. The molecule has 1 aromatic heterocycles. The molecule has 0 fully saturated rings. The first-order valence-corrected chi connectivity index (χ1v) is 9.62. The lowest BCUT2D eigenvalue weighted by atomic mass is 10.1. The van der Waals surface area contributed by atoms with E-state index in [1.54, 1.807) is 6.92 Å². The van der Waals surface area contributed by atoms with Crippen molar-refractivity contribution in [2.75, 3.05) is 13.7 Å². The third kappa shape index (κ3) is 5.78. The standard InChI is InChI=1S/C23H25N3O4/c1-16-25-21(28-2)20(23(27)30-14-18-11-7-4-8-12-18)22(26-16)29-15-19(24)13-17-9-5-3-6-10-17/h3-12,19H,13-15,24H2,1-2H3. The van der Waals surface area contributed by atoms with Crippen molar-refractivity contribution in [1.29, 1.82) is 0 Å². The molecule has 0 aliphatic rings. The van der Waals surface area contributed by atoms with E-state index in [0.29, 0.717) is 12.2 Å². The molecule has 0 bridgehead atoms. The third-order valence-corrected chi connectivity index (χ3v) is 4.34. The first-order chi connectivity index (χ1) is 14.6. The topological polar surface area (TPSA) is 96.6 Å². The van der Waals surface area contributed by atoms with Crippen LogP contribution in [0.4, 0.5) is 0 Å². The molecule has 3 aromatic rings. The van der Waals surface area contributed by atoms with Gasteiger partial charge in [-0.2, -0.15) is 9.97 Å². The summed E-state index contributed by atoms with van der Waals surface area (Å²) in [5.74, 6) is -0.00598. The summed E-state index contributed by atoms with van der Waals surface area (Å²) in [6.45, 7) is 1.98. The number of hydrogen-bond donors (Lipinski definition) is 1. The molecule has 2 aromatic carbocycles. The van der Waals surface area contributed by atoms with Crippen LogP contribution in [0.1, 0.15) is 27.3 Å².